The maximum atomic E-state index is 11.1. The van der Waals surface area contributed by atoms with E-state index in [0.29, 0.717) is 19.4 Å². The summed E-state index contributed by atoms with van der Waals surface area (Å²) in [5.41, 5.74) is 4.00. The van der Waals surface area contributed by atoms with E-state index in [2.05, 4.69) is 12.1 Å². The quantitative estimate of drug-likeness (QED) is 0.861. The first-order valence-electron chi connectivity index (χ1n) is 7.45. The third-order valence-corrected chi connectivity index (χ3v) is 4.90. The molecule has 4 nitrogen and oxygen atoms in total. The first kappa shape index (κ1) is 12.8. The number of nitrogens with zero attached hydrogens (tertiary/aromatic N) is 1. The summed E-state index contributed by atoms with van der Waals surface area (Å²) < 4.78 is 6.08. The summed E-state index contributed by atoms with van der Waals surface area (Å²) in [5.74, 6) is -0.925. The van der Waals surface area contributed by atoms with E-state index in [4.69, 9.17) is 9.73 Å². The van der Waals surface area contributed by atoms with Gasteiger partial charge in [0, 0.05) is 11.1 Å². The minimum absolute atomic E-state index is 0.238. The molecule has 1 N–H and O–H groups in total. The molecule has 0 saturated heterocycles. The van der Waals surface area contributed by atoms with Crippen LogP contribution in [-0.2, 0) is 9.53 Å². The lowest BCUT2D eigenvalue weighted by Gasteiger charge is -2.41. The largest absolute Gasteiger partial charge is 0.481 e. The van der Waals surface area contributed by atoms with Gasteiger partial charge in [0.1, 0.15) is 5.60 Å². The summed E-state index contributed by atoms with van der Waals surface area (Å²) in [6, 6.07) is 8.15. The number of hydrogen-bond acceptors (Lipinski definition) is 3. The van der Waals surface area contributed by atoms with Crippen molar-refractivity contribution in [2.24, 2.45) is 10.9 Å². The van der Waals surface area contributed by atoms with E-state index in [1.54, 1.807) is 0 Å². The highest BCUT2D eigenvalue weighted by atomic mass is 16.5. The Hall–Kier alpha value is -1.94. The molecule has 1 aromatic carbocycles. The zero-order chi connectivity index (χ0) is 14.4. The third-order valence-electron chi connectivity index (χ3n) is 4.90. The van der Waals surface area contributed by atoms with Crippen LogP contribution in [0, 0.1) is 5.92 Å². The number of aliphatic imine (C=N–C) groups is 1. The molecule has 3 aliphatic rings. The Labute approximate surface area is 123 Å². The van der Waals surface area contributed by atoms with E-state index in [9.17, 15) is 9.90 Å². The number of para-hydroxylation sites is 1. The van der Waals surface area contributed by atoms with Crippen molar-refractivity contribution in [3.63, 3.8) is 0 Å². The molecule has 2 aliphatic heterocycles. The molecule has 0 unspecified atom stereocenters. The van der Waals surface area contributed by atoms with Gasteiger partial charge in [-0.2, -0.15) is 0 Å². The van der Waals surface area contributed by atoms with Crippen molar-refractivity contribution >= 4 is 22.9 Å². The summed E-state index contributed by atoms with van der Waals surface area (Å²) in [5, 5.41) is 9.17. The van der Waals surface area contributed by atoms with Gasteiger partial charge in [-0.1, -0.05) is 18.2 Å². The first-order valence-corrected chi connectivity index (χ1v) is 7.45. The second-order valence-corrected chi connectivity index (χ2v) is 6.01. The monoisotopic (exact) mass is 283 g/mol. The molecule has 108 valence electrons. The highest BCUT2D eigenvalue weighted by Crippen LogP contribution is 2.47. The highest BCUT2D eigenvalue weighted by Gasteiger charge is 2.46. The van der Waals surface area contributed by atoms with Crippen LogP contribution in [0.4, 0.5) is 5.69 Å². The Morgan fingerprint density at radius 2 is 2.05 bits per heavy atom. The van der Waals surface area contributed by atoms with Gasteiger partial charge in [0.25, 0.3) is 0 Å². The van der Waals surface area contributed by atoms with Crippen molar-refractivity contribution in [2.45, 2.75) is 31.3 Å². The number of benzene rings is 1. The fraction of sp³-hybridized carbons (Fsp3) is 0.412. The molecule has 1 saturated carbocycles. The molecule has 4 rings (SSSR count). The molecule has 2 heterocycles. The van der Waals surface area contributed by atoms with Crippen molar-refractivity contribution in [1.29, 1.82) is 0 Å². The molecular weight excluding hydrogens is 266 g/mol. The molecule has 0 amide bonds. The number of ether oxygens (including phenoxy) is 1. The van der Waals surface area contributed by atoms with E-state index >= 15 is 0 Å². The standard InChI is InChI=1S/C17H17NO3/c19-16(20)11-5-8-17(9-6-11)15-13(7-10-21-17)12-3-1-2-4-14(12)18-15/h1-4,7,11H,5-6,8-10H2,(H,19,20). The van der Waals surface area contributed by atoms with Gasteiger partial charge in [0.05, 0.1) is 23.9 Å². The van der Waals surface area contributed by atoms with Crippen molar-refractivity contribution in [2.75, 3.05) is 6.61 Å². The van der Waals surface area contributed by atoms with Gasteiger partial charge >= 0.3 is 5.97 Å². The van der Waals surface area contributed by atoms with Gasteiger partial charge < -0.3 is 9.84 Å². The van der Waals surface area contributed by atoms with Crippen LogP contribution in [0.1, 0.15) is 31.2 Å². The lowest BCUT2D eigenvalue weighted by atomic mass is 9.73. The highest BCUT2D eigenvalue weighted by molar-refractivity contribution is 6.32. The smallest absolute Gasteiger partial charge is 0.306 e. The molecule has 0 radical (unpaired) electrons. The SMILES string of the molecule is O=C(O)C1CCC2(CC1)OCC=C1C2=Nc2ccccc21. The number of hydrogen-bond donors (Lipinski definition) is 1. The Kier molecular flexibility index (Phi) is 2.76. The molecule has 0 bridgehead atoms. The van der Waals surface area contributed by atoms with Crippen LogP contribution < -0.4 is 0 Å². The van der Waals surface area contributed by atoms with Crippen LogP contribution >= 0.6 is 0 Å². The van der Waals surface area contributed by atoms with Gasteiger partial charge in [-0.3, -0.25) is 4.79 Å². The topological polar surface area (TPSA) is 58.9 Å². The minimum Gasteiger partial charge on any atom is -0.481 e. The van der Waals surface area contributed by atoms with Crippen LogP contribution in [0.5, 0.6) is 0 Å². The number of rotatable bonds is 1. The summed E-state index contributed by atoms with van der Waals surface area (Å²) in [7, 11) is 0. The Balaban J connectivity index is 1.69. The number of fused-ring (bicyclic) bond motifs is 4. The van der Waals surface area contributed by atoms with Gasteiger partial charge in [0.15, 0.2) is 0 Å². The lowest BCUT2D eigenvalue weighted by molar-refractivity contribution is -0.144. The van der Waals surface area contributed by atoms with Crippen molar-refractivity contribution < 1.29 is 14.6 Å². The molecule has 4 heteroatoms. The minimum atomic E-state index is -0.687. The second-order valence-electron chi connectivity index (χ2n) is 6.01. The van der Waals surface area contributed by atoms with Gasteiger partial charge in [0.2, 0.25) is 0 Å². The maximum Gasteiger partial charge on any atom is 0.306 e. The Bertz CT molecular complexity index is 666. The molecule has 1 spiro atoms. The number of carboxylic acid groups (broad SMARTS) is 1. The van der Waals surface area contributed by atoms with Gasteiger partial charge in [-0.25, -0.2) is 4.99 Å². The molecule has 1 aliphatic carbocycles. The second kappa shape index (κ2) is 4.53. The van der Waals surface area contributed by atoms with Crippen LogP contribution in [0.15, 0.2) is 35.3 Å². The van der Waals surface area contributed by atoms with Crippen LogP contribution in [0.2, 0.25) is 0 Å². The van der Waals surface area contributed by atoms with E-state index in [1.807, 2.05) is 18.2 Å². The van der Waals surface area contributed by atoms with E-state index in [1.165, 1.54) is 11.1 Å². The molecule has 0 aromatic heterocycles. The number of carboxylic acids is 1. The van der Waals surface area contributed by atoms with Gasteiger partial charge in [-0.05, 0) is 37.8 Å². The number of carbonyl (C=O) groups is 1. The van der Waals surface area contributed by atoms with Crippen molar-refractivity contribution in [3.8, 4) is 0 Å². The predicted octanol–water partition coefficient (Wildman–Crippen LogP) is 3.20. The van der Waals surface area contributed by atoms with Gasteiger partial charge in [-0.15, -0.1) is 0 Å². The van der Waals surface area contributed by atoms with Crippen LogP contribution in [0.3, 0.4) is 0 Å². The van der Waals surface area contributed by atoms with Crippen LogP contribution in [-0.4, -0.2) is 29.0 Å². The molecule has 0 atom stereocenters. The third kappa shape index (κ3) is 1.86. The average molecular weight is 283 g/mol. The fourth-order valence-electron chi connectivity index (χ4n) is 3.73. The zero-order valence-electron chi connectivity index (χ0n) is 11.7. The zero-order valence-corrected chi connectivity index (χ0v) is 11.7. The lowest BCUT2D eigenvalue weighted by Crippen LogP contribution is -2.47. The fourth-order valence-corrected chi connectivity index (χ4v) is 3.73. The number of aliphatic carboxylic acids is 1. The summed E-state index contributed by atoms with van der Waals surface area (Å²) in [6.45, 7) is 0.584. The van der Waals surface area contributed by atoms with E-state index < -0.39 is 5.97 Å². The normalized spacial score (nSPS) is 30.4. The van der Waals surface area contributed by atoms with Crippen molar-refractivity contribution in [3.05, 3.63) is 35.9 Å². The Morgan fingerprint density at radius 1 is 1.29 bits per heavy atom. The summed E-state index contributed by atoms with van der Waals surface area (Å²) >= 11 is 0. The van der Waals surface area contributed by atoms with Crippen molar-refractivity contribution in [1.82, 2.24) is 0 Å². The molecular formula is C17H17NO3. The van der Waals surface area contributed by atoms with E-state index in [-0.39, 0.29) is 11.5 Å². The van der Waals surface area contributed by atoms with Crippen LogP contribution in [0.25, 0.3) is 5.57 Å². The molecule has 21 heavy (non-hydrogen) atoms. The first-order chi connectivity index (χ1) is 10.2. The summed E-state index contributed by atoms with van der Waals surface area (Å²) in [6.07, 6.45) is 4.91. The Morgan fingerprint density at radius 3 is 2.81 bits per heavy atom. The summed E-state index contributed by atoms with van der Waals surface area (Å²) in [4.78, 5) is 15.9. The van der Waals surface area contributed by atoms with E-state index in [0.717, 1.165) is 24.2 Å². The molecule has 1 fully saturated rings. The predicted molar refractivity (Wildman–Crippen MR) is 79.8 cm³/mol. The molecule has 1 aromatic rings. The maximum absolute atomic E-state index is 11.1. The average Bonchev–Trinajstić information content (AvgIpc) is 2.89.